The third-order valence-corrected chi connectivity index (χ3v) is 3.40. The zero-order valence-electron chi connectivity index (χ0n) is 11.5. The van der Waals surface area contributed by atoms with Gasteiger partial charge in [0.1, 0.15) is 6.29 Å². The van der Waals surface area contributed by atoms with Crippen LogP contribution in [0.4, 0.5) is 13.2 Å². The molecule has 0 aliphatic heterocycles. The first-order valence-electron chi connectivity index (χ1n) is 6.49. The van der Waals surface area contributed by atoms with Crippen molar-refractivity contribution >= 4 is 17.2 Å². The number of rotatable bonds is 2. The Kier molecular flexibility index (Phi) is 3.37. The van der Waals surface area contributed by atoms with E-state index >= 15 is 0 Å². The minimum Gasteiger partial charge on any atom is -0.298 e. The summed E-state index contributed by atoms with van der Waals surface area (Å²) in [4.78, 5) is 10.8. The molecule has 3 aromatic rings. The Bertz CT molecular complexity index is 951. The molecule has 1 heterocycles. The van der Waals surface area contributed by atoms with Crippen molar-refractivity contribution in [2.24, 2.45) is 0 Å². The fourth-order valence-electron chi connectivity index (χ4n) is 2.33. The molecule has 0 bridgehead atoms. The molecule has 0 saturated carbocycles. The Labute approximate surface area is 128 Å². The van der Waals surface area contributed by atoms with Crippen LogP contribution in [0, 0.1) is 11.3 Å². The number of hydrogen-bond acceptors (Lipinski definition) is 3. The van der Waals surface area contributed by atoms with E-state index in [1.54, 1.807) is 18.2 Å². The van der Waals surface area contributed by atoms with Crippen LogP contribution < -0.4 is 0 Å². The first-order chi connectivity index (χ1) is 10.9. The van der Waals surface area contributed by atoms with E-state index in [2.05, 4.69) is 5.10 Å². The number of hydrogen-bond donors (Lipinski definition) is 0. The highest BCUT2D eigenvalue weighted by molar-refractivity contribution is 5.87. The lowest BCUT2D eigenvalue weighted by Gasteiger charge is -2.11. The summed E-state index contributed by atoms with van der Waals surface area (Å²) in [6, 6.07) is 9.70. The highest BCUT2D eigenvalue weighted by atomic mass is 19.4. The zero-order valence-corrected chi connectivity index (χ0v) is 11.5. The Morgan fingerprint density at radius 1 is 1.17 bits per heavy atom. The van der Waals surface area contributed by atoms with Crippen molar-refractivity contribution in [3.8, 4) is 11.8 Å². The molecule has 3 rings (SSSR count). The van der Waals surface area contributed by atoms with Crippen molar-refractivity contribution in [1.29, 1.82) is 5.26 Å². The van der Waals surface area contributed by atoms with Crippen LogP contribution in [-0.2, 0) is 6.18 Å². The van der Waals surface area contributed by atoms with Crippen LogP contribution in [0.15, 0.2) is 42.6 Å². The average Bonchev–Trinajstić information content (AvgIpc) is 2.96. The van der Waals surface area contributed by atoms with Crippen LogP contribution in [-0.4, -0.2) is 16.1 Å². The fraction of sp³-hybridized carbons (Fsp3) is 0.0625. The first-order valence-corrected chi connectivity index (χ1v) is 6.49. The summed E-state index contributed by atoms with van der Waals surface area (Å²) in [6.45, 7) is 0. The number of halogens is 3. The molecule has 0 spiro atoms. The first kappa shape index (κ1) is 14.8. The van der Waals surface area contributed by atoms with Crippen LogP contribution in [0.5, 0.6) is 0 Å². The van der Waals surface area contributed by atoms with Gasteiger partial charge < -0.3 is 0 Å². The summed E-state index contributed by atoms with van der Waals surface area (Å²) in [5.41, 5.74) is -0.252. The van der Waals surface area contributed by atoms with E-state index in [1.807, 2.05) is 0 Å². The van der Waals surface area contributed by atoms with Crippen LogP contribution in [0.3, 0.4) is 0 Å². The van der Waals surface area contributed by atoms with Gasteiger partial charge in [-0.05, 0) is 36.4 Å². The minimum absolute atomic E-state index is 0.185. The normalized spacial score (nSPS) is 11.4. The van der Waals surface area contributed by atoms with Gasteiger partial charge in [-0.25, -0.2) is 4.68 Å². The zero-order chi connectivity index (χ0) is 16.6. The summed E-state index contributed by atoms with van der Waals surface area (Å²) in [6.07, 6.45) is -2.48. The number of benzene rings is 2. The van der Waals surface area contributed by atoms with Crippen molar-refractivity contribution in [3.05, 3.63) is 59.3 Å². The highest BCUT2D eigenvalue weighted by Crippen LogP contribution is 2.33. The van der Waals surface area contributed by atoms with Gasteiger partial charge in [0.25, 0.3) is 0 Å². The number of nitriles is 1. The van der Waals surface area contributed by atoms with E-state index in [1.165, 1.54) is 23.0 Å². The van der Waals surface area contributed by atoms with Gasteiger partial charge >= 0.3 is 6.18 Å². The molecule has 0 unspecified atom stereocenters. The van der Waals surface area contributed by atoms with E-state index in [-0.39, 0.29) is 5.69 Å². The van der Waals surface area contributed by atoms with Crippen molar-refractivity contribution in [2.45, 2.75) is 6.18 Å². The second-order valence-corrected chi connectivity index (χ2v) is 4.83. The molecule has 114 valence electrons. The molecule has 0 amide bonds. The molecule has 4 nitrogen and oxygen atoms in total. The van der Waals surface area contributed by atoms with E-state index in [0.717, 1.165) is 12.1 Å². The molecule has 0 saturated heterocycles. The lowest BCUT2D eigenvalue weighted by molar-refractivity contribution is -0.137. The molecule has 0 radical (unpaired) electrons. The molecular weight excluding hydrogens is 307 g/mol. The topological polar surface area (TPSA) is 58.7 Å². The second-order valence-electron chi connectivity index (χ2n) is 4.83. The molecule has 7 heteroatoms. The van der Waals surface area contributed by atoms with Gasteiger partial charge in [0.15, 0.2) is 0 Å². The van der Waals surface area contributed by atoms with Crippen molar-refractivity contribution < 1.29 is 18.0 Å². The van der Waals surface area contributed by atoms with Crippen molar-refractivity contribution in [3.63, 3.8) is 0 Å². The second kappa shape index (κ2) is 5.25. The Morgan fingerprint density at radius 2 is 1.96 bits per heavy atom. The lowest BCUT2D eigenvalue weighted by atomic mass is 10.1. The number of nitrogens with zero attached hydrogens (tertiary/aromatic N) is 3. The molecule has 0 aliphatic carbocycles. The predicted octanol–water partition coefficient (Wildman–Crippen LogP) is 3.73. The molecular formula is C16H8F3N3O. The lowest BCUT2D eigenvalue weighted by Crippen LogP contribution is -2.09. The van der Waals surface area contributed by atoms with E-state index < -0.39 is 17.3 Å². The summed E-state index contributed by atoms with van der Waals surface area (Å²) in [5.74, 6) is 0. The smallest absolute Gasteiger partial charge is 0.298 e. The van der Waals surface area contributed by atoms with Gasteiger partial charge in [0.2, 0.25) is 0 Å². The van der Waals surface area contributed by atoms with Crippen LogP contribution >= 0.6 is 0 Å². The largest absolute Gasteiger partial charge is 0.417 e. The maximum Gasteiger partial charge on any atom is 0.417 e. The molecule has 0 aliphatic rings. The number of alkyl halides is 3. The standard InChI is InChI=1S/C16H8F3N3O/c17-16(18,19)14-6-13(3-2-11(14)7-20)22-15-4-1-10(9-23)5-12(15)8-21-22/h1-6,8-9H. The van der Waals surface area contributed by atoms with Crippen LogP contribution in [0.2, 0.25) is 0 Å². The van der Waals surface area contributed by atoms with Gasteiger partial charge in [0, 0.05) is 10.9 Å². The molecule has 0 N–H and O–H groups in total. The fourth-order valence-corrected chi connectivity index (χ4v) is 2.33. The molecule has 1 aromatic heterocycles. The average molecular weight is 315 g/mol. The number of carbonyl (C=O) groups excluding carboxylic acids is 1. The number of carbonyl (C=O) groups is 1. The number of aldehydes is 1. The Balaban J connectivity index is 2.20. The van der Waals surface area contributed by atoms with Crippen LogP contribution in [0.1, 0.15) is 21.5 Å². The van der Waals surface area contributed by atoms with Gasteiger partial charge in [0.05, 0.1) is 34.6 Å². The van der Waals surface area contributed by atoms with E-state index in [9.17, 15) is 18.0 Å². The van der Waals surface area contributed by atoms with Crippen LogP contribution in [0.25, 0.3) is 16.6 Å². The van der Waals surface area contributed by atoms with Crippen molar-refractivity contribution in [2.75, 3.05) is 0 Å². The van der Waals surface area contributed by atoms with E-state index in [0.29, 0.717) is 22.8 Å². The minimum atomic E-state index is -4.63. The number of fused-ring (bicyclic) bond motifs is 1. The summed E-state index contributed by atoms with van der Waals surface area (Å²) < 4.78 is 40.5. The summed E-state index contributed by atoms with van der Waals surface area (Å²) in [7, 11) is 0. The monoisotopic (exact) mass is 315 g/mol. The van der Waals surface area contributed by atoms with E-state index in [4.69, 9.17) is 5.26 Å². The maximum atomic E-state index is 13.1. The highest BCUT2D eigenvalue weighted by Gasteiger charge is 2.34. The maximum absolute atomic E-state index is 13.1. The molecule has 23 heavy (non-hydrogen) atoms. The molecule has 0 atom stereocenters. The molecule has 0 fully saturated rings. The van der Waals surface area contributed by atoms with Gasteiger partial charge in [-0.15, -0.1) is 0 Å². The summed E-state index contributed by atoms with van der Waals surface area (Å²) in [5, 5.41) is 13.5. The van der Waals surface area contributed by atoms with Gasteiger partial charge in [-0.1, -0.05) is 0 Å². The quantitative estimate of drug-likeness (QED) is 0.677. The third-order valence-electron chi connectivity index (χ3n) is 3.40. The third kappa shape index (κ3) is 2.55. The molecule has 2 aromatic carbocycles. The van der Waals surface area contributed by atoms with Crippen molar-refractivity contribution in [1.82, 2.24) is 9.78 Å². The summed E-state index contributed by atoms with van der Waals surface area (Å²) >= 11 is 0. The SMILES string of the molecule is N#Cc1ccc(-n2ncc3cc(C=O)ccc32)cc1C(F)(F)F. The number of aromatic nitrogens is 2. The Morgan fingerprint density at radius 3 is 2.61 bits per heavy atom. The Hall–Kier alpha value is -3.14. The van der Waals surface area contributed by atoms with Gasteiger partial charge in [-0.3, -0.25) is 4.79 Å². The predicted molar refractivity (Wildman–Crippen MR) is 76.2 cm³/mol. The van der Waals surface area contributed by atoms with Gasteiger partial charge in [-0.2, -0.15) is 23.5 Å².